The maximum atomic E-state index is 10.7. The van der Waals surface area contributed by atoms with Crippen LogP contribution >= 0.6 is 0 Å². The Kier molecular flexibility index (Phi) is 4.24. The molecule has 0 heterocycles. The van der Waals surface area contributed by atoms with Gasteiger partial charge in [0, 0.05) is 0 Å². The molecule has 8 heteroatoms. The molecule has 2 rings (SSSR count). The van der Waals surface area contributed by atoms with Crippen LogP contribution in [0.25, 0.3) is 0 Å². The van der Waals surface area contributed by atoms with E-state index in [0.717, 1.165) is 0 Å². The van der Waals surface area contributed by atoms with E-state index in [9.17, 15) is 3.74 Å². The summed E-state index contributed by atoms with van der Waals surface area (Å²) in [4.78, 5) is 0. The van der Waals surface area contributed by atoms with E-state index in [1.165, 1.54) is 12.1 Å². The Morgan fingerprint density at radius 1 is 0.900 bits per heavy atom. The fourth-order valence-electron chi connectivity index (χ4n) is 1.37. The SMILES string of the molecule is Nc1ccc(N=Nc2ccc(O[As](=O)(O)O)cc2)cc1. The predicted molar refractivity (Wildman–Crippen MR) is 73.0 cm³/mol. The molecule has 104 valence electrons. The van der Waals surface area contributed by atoms with Crippen LogP contribution in [0.3, 0.4) is 0 Å². The molecule has 0 unspecified atom stereocenters. The average molecular weight is 337 g/mol. The topological polar surface area (TPSA) is 118 Å². The van der Waals surface area contributed by atoms with Crippen molar-refractivity contribution in [2.24, 2.45) is 10.2 Å². The second kappa shape index (κ2) is 5.92. The number of nitrogen functional groups attached to an aromatic ring is 1. The van der Waals surface area contributed by atoms with Crippen LogP contribution in [-0.2, 0) is 3.74 Å². The second-order valence-electron chi connectivity index (χ2n) is 3.87. The van der Waals surface area contributed by atoms with Crippen LogP contribution in [-0.4, -0.2) is 22.7 Å². The molecule has 0 amide bonds. The molecule has 4 N–H and O–H groups in total. The zero-order valence-corrected chi connectivity index (χ0v) is 12.1. The molecule has 0 atom stereocenters. The van der Waals surface area contributed by atoms with Gasteiger partial charge in [-0.2, -0.15) is 0 Å². The van der Waals surface area contributed by atoms with Crippen molar-refractivity contribution in [3.8, 4) is 5.75 Å². The molecule has 0 aliphatic carbocycles. The van der Waals surface area contributed by atoms with Gasteiger partial charge >= 0.3 is 117 Å². The Morgan fingerprint density at radius 2 is 1.35 bits per heavy atom. The fourth-order valence-corrected chi connectivity index (χ4v) is 2.20. The van der Waals surface area contributed by atoms with Crippen molar-refractivity contribution in [3.63, 3.8) is 0 Å². The molecule has 0 bridgehead atoms. The van der Waals surface area contributed by atoms with Gasteiger partial charge in [-0.1, -0.05) is 0 Å². The first-order chi connectivity index (χ1) is 9.42. The van der Waals surface area contributed by atoms with E-state index < -0.39 is 14.5 Å². The molecule has 0 saturated carbocycles. The summed E-state index contributed by atoms with van der Waals surface area (Å²) in [5.41, 5.74) is 7.38. The predicted octanol–water partition coefficient (Wildman–Crippen LogP) is 1.91. The zero-order valence-electron chi connectivity index (χ0n) is 10.2. The standard InChI is InChI=1S/C12H12AsN3O4/c14-9-1-3-10(4-2-9)15-16-11-5-7-12(8-6-11)20-13(17,18)19/h1-8H,14H2,(H2,17,18,19). The third kappa shape index (κ3) is 4.55. The summed E-state index contributed by atoms with van der Waals surface area (Å²) in [6.45, 7) is 0. The quantitative estimate of drug-likeness (QED) is 0.447. The molecular formula is C12H12AsN3O4. The number of hydrogen-bond acceptors (Lipinski definition) is 5. The van der Waals surface area contributed by atoms with E-state index in [1.807, 2.05) is 0 Å². The monoisotopic (exact) mass is 337 g/mol. The summed E-state index contributed by atoms with van der Waals surface area (Å²) < 4.78 is 32.6. The first-order valence-corrected chi connectivity index (χ1v) is 8.76. The number of azo groups is 1. The Morgan fingerprint density at radius 3 is 1.80 bits per heavy atom. The van der Waals surface area contributed by atoms with Gasteiger partial charge in [-0.15, -0.1) is 0 Å². The van der Waals surface area contributed by atoms with Gasteiger partial charge in [-0.05, 0) is 0 Å². The van der Waals surface area contributed by atoms with Crippen LogP contribution < -0.4 is 9.46 Å². The first-order valence-electron chi connectivity index (χ1n) is 5.55. The van der Waals surface area contributed by atoms with E-state index in [2.05, 4.69) is 14.0 Å². The molecule has 0 aliphatic heterocycles. The van der Waals surface area contributed by atoms with Crippen LogP contribution in [0.4, 0.5) is 17.1 Å². The van der Waals surface area contributed by atoms with Gasteiger partial charge in [0.2, 0.25) is 0 Å². The Bertz CT molecular complexity index is 649. The summed E-state index contributed by atoms with van der Waals surface area (Å²) in [5.74, 6) is 0.0870. The molecule has 0 aromatic heterocycles. The average Bonchev–Trinajstić information content (AvgIpc) is 2.38. The van der Waals surface area contributed by atoms with Gasteiger partial charge in [0.25, 0.3) is 0 Å². The molecule has 0 aliphatic rings. The third-order valence-corrected chi connectivity index (χ3v) is 3.18. The molecule has 7 nitrogen and oxygen atoms in total. The van der Waals surface area contributed by atoms with Gasteiger partial charge in [0.05, 0.1) is 0 Å². The third-order valence-electron chi connectivity index (χ3n) is 2.24. The minimum absolute atomic E-state index is 0.0870. The minimum atomic E-state index is -5.13. The second-order valence-corrected chi connectivity index (χ2v) is 6.31. The van der Waals surface area contributed by atoms with Gasteiger partial charge in [-0.3, -0.25) is 0 Å². The molecule has 0 fully saturated rings. The number of anilines is 1. The van der Waals surface area contributed by atoms with E-state index >= 15 is 0 Å². The van der Waals surface area contributed by atoms with Crippen LogP contribution in [0.1, 0.15) is 0 Å². The molecular weight excluding hydrogens is 325 g/mol. The Labute approximate surface area is 118 Å². The number of nitrogens with zero attached hydrogens (tertiary/aromatic N) is 2. The summed E-state index contributed by atoms with van der Waals surface area (Å²) in [6.07, 6.45) is 0. The first kappa shape index (κ1) is 14.3. The molecule has 0 radical (unpaired) electrons. The van der Waals surface area contributed by atoms with Crippen LogP contribution in [0.15, 0.2) is 58.8 Å². The summed E-state index contributed by atoms with van der Waals surface area (Å²) in [6, 6.07) is 12.8. The normalized spacial score (nSPS) is 11.7. The molecule has 2 aromatic carbocycles. The van der Waals surface area contributed by atoms with Crippen molar-refractivity contribution in [2.75, 3.05) is 5.73 Å². The van der Waals surface area contributed by atoms with Crippen molar-refractivity contribution in [1.82, 2.24) is 0 Å². The maximum absolute atomic E-state index is 10.7. The molecule has 2 aromatic rings. The van der Waals surface area contributed by atoms with Gasteiger partial charge in [0.1, 0.15) is 0 Å². The summed E-state index contributed by atoms with van der Waals surface area (Å²) in [5, 5.41) is 7.98. The fraction of sp³-hybridized carbons (Fsp3) is 0. The van der Waals surface area contributed by atoms with Crippen LogP contribution in [0.2, 0.25) is 0 Å². The van der Waals surface area contributed by atoms with E-state index in [4.69, 9.17) is 13.9 Å². The number of hydrogen-bond donors (Lipinski definition) is 3. The molecule has 20 heavy (non-hydrogen) atoms. The van der Waals surface area contributed by atoms with Crippen molar-refractivity contribution in [2.45, 2.75) is 0 Å². The van der Waals surface area contributed by atoms with Crippen molar-refractivity contribution in [1.29, 1.82) is 0 Å². The number of benzene rings is 2. The van der Waals surface area contributed by atoms with E-state index in [1.54, 1.807) is 36.4 Å². The number of nitrogens with two attached hydrogens (primary N) is 1. The van der Waals surface area contributed by atoms with Crippen molar-refractivity contribution < 1.29 is 15.7 Å². The Hall–Kier alpha value is -2.08. The van der Waals surface area contributed by atoms with E-state index in [0.29, 0.717) is 17.1 Å². The van der Waals surface area contributed by atoms with Crippen LogP contribution in [0.5, 0.6) is 5.75 Å². The van der Waals surface area contributed by atoms with Crippen molar-refractivity contribution >= 4 is 31.6 Å². The van der Waals surface area contributed by atoms with Gasteiger partial charge in [-0.25, -0.2) is 0 Å². The molecule has 0 saturated heterocycles. The Balaban J connectivity index is 2.07. The van der Waals surface area contributed by atoms with Crippen LogP contribution in [0, 0.1) is 0 Å². The molecule has 0 spiro atoms. The van der Waals surface area contributed by atoms with Crippen molar-refractivity contribution in [3.05, 3.63) is 48.5 Å². The van der Waals surface area contributed by atoms with Gasteiger partial charge < -0.3 is 0 Å². The zero-order chi connectivity index (χ0) is 14.6. The number of rotatable bonds is 4. The van der Waals surface area contributed by atoms with E-state index in [-0.39, 0.29) is 5.75 Å². The summed E-state index contributed by atoms with van der Waals surface area (Å²) in [7, 11) is 0. The van der Waals surface area contributed by atoms with Gasteiger partial charge in [0.15, 0.2) is 0 Å². The summed E-state index contributed by atoms with van der Waals surface area (Å²) >= 11 is -5.13.